The van der Waals surface area contributed by atoms with Crippen molar-refractivity contribution in [3.8, 4) is 0 Å². The summed E-state index contributed by atoms with van der Waals surface area (Å²) in [5.41, 5.74) is 0. The Kier molecular flexibility index (Phi) is 15.2. The normalized spacial score (nSPS) is 22.3. The molecule has 168 valence electrons. The Balaban J connectivity index is 2.00. The minimum atomic E-state index is -0.594. The summed E-state index contributed by atoms with van der Waals surface area (Å²) in [5, 5.41) is 9.59. The molecule has 0 bridgehead atoms. The van der Waals surface area contributed by atoms with Crippen LogP contribution in [0.15, 0.2) is 60.8 Å². The van der Waals surface area contributed by atoms with Crippen molar-refractivity contribution in [1.82, 2.24) is 0 Å². The van der Waals surface area contributed by atoms with E-state index in [4.69, 9.17) is 0 Å². The summed E-state index contributed by atoms with van der Waals surface area (Å²) < 4.78 is -0.480. The standard InChI is InChI=1S/C27H42O2S/c1-3-5-6-7-8-9-10-11-12-13-14-15-16-17-18-19-20-21-24-30-27(26(28)29)23-22-25(27)4-2/h5-6,8-9,11-12,14-15,17-18,25H,3-4,7,10,13,16,19-24H2,1-2H3,(H,28,29)/b6-5-,9-8-,12-11-,15-14-,18-17-. The van der Waals surface area contributed by atoms with Crippen molar-refractivity contribution in [3.63, 3.8) is 0 Å². The summed E-state index contributed by atoms with van der Waals surface area (Å²) in [7, 11) is 0. The predicted octanol–water partition coefficient (Wildman–Crippen LogP) is 8.28. The number of carboxylic acid groups (broad SMARTS) is 1. The van der Waals surface area contributed by atoms with Gasteiger partial charge in [0.25, 0.3) is 0 Å². The number of carboxylic acids is 1. The van der Waals surface area contributed by atoms with Gasteiger partial charge in [-0.15, -0.1) is 11.8 Å². The molecule has 2 nitrogen and oxygen atoms in total. The zero-order chi connectivity index (χ0) is 21.9. The first-order valence-electron chi connectivity index (χ1n) is 11.8. The highest BCUT2D eigenvalue weighted by molar-refractivity contribution is 8.01. The van der Waals surface area contributed by atoms with E-state index < -0.39 is 10.7 Å². The van der Waals surface area contributed by atoms with Crippen LogP contribution in [0.1, 0.15) is 84.5 Å². The quantitative estimate of drug-likeness (QED) is 0.186. The highest BCUT2D eigenvalue weighted by atomic mass is 32.2. The molecule has 1 saturated carbocycles. The predicted molar refractivity (Wildman–Crippen MR) is 134 cm³/mol. The third-order valence-electron chi connectivity index (χ3n) is 5.66. The van der Waals surface area contributed by atoms with E-state index in [0.29, 0.717) is 5.92 Å². The van der Waals surface area contributed by atoms with Gasteiger partial charge in [0, 0.05) is 0 Å². The van der Waals surface area contributed by atoms with Crippen LogP contribution in [0.3, 0.4) is 0 Å². The lowest BCUT2D eigenvalue weighted by molar-refractivity contribution is -0.144. The molecule has 1 aliphatic carbocycles. The van der Waals surface area contributed by atoms with Gasteiger partial charge in [0.15, 0.2) is 0 Å². The number of aliphatic carboxylic acids is 1. The topological polar surface area (TPSA) is 37.3 Å². The molecule has 1 rings (SSSR count). The Morgan fingerprint density at radius 3 is 1.83 bits per heavy atom. The van der Waals surface area contributed by atoms with Crippen molar-refractivity contribution in [3.05, 3.63) is 60.8 Å². The van der Waals surface area contributed by atoms with Gasteiger partial charge in [0.1, 0.15) is 4.75 Å². The zero-order valence-electron chi connectivity index (χ0n) is 19.1. The molecule has 0 aromatic rings. The fraction of sp³-hybridized carbons (Fsp3) is 0.593. The second-order valence-electron chi connectivity index (χ2n) is 7.89. The van der Waals surface area contributed by atoms with E-state index in [0.717, 1.165) is 76.4 Å². The molecule has 2 unspecified atom stereocenters. The summed E-state index contributed by atoms with van der Waals surface area (Å²) in [6.07, 6.45) is 33.6. The molecule has 0 aromatic heterocycles. The Bertz CT molecular complexity index is 598. The summed E-state index contributed by atoms with van der Waals surface area (Å²) in [6, 6.07) is 0. The molecule has 0 amide bonds. The molecule has 0 spiro atoms. The molecule has 0 radical (unpaired) electrons. The monoisotopic (exact) mass is 430 g/mol. The molecule has 30 heavy (non-hydrogen) atoms. The maximum absolute atomic E-state index is 11.6. The Labute approximate surface area is 189 Å². The van der Waals surface area contributed by atoms with Crippen molar-refractivity contribution in [2.24, 2.45) is 5.92 Å². The fourth-order valence-corrected chi connectivity index (χ4v) is 5.28. The van der Waals surface area contributed by atoms with Gasteiger partial charge in [-0.05, 0) is 75.9 Å². The van der Waals surface area contributed by atoms with E-state index in [9.17, 15) is 9.90 Å². The molecular formula is C27H42O2S. The Morgan fingerprint density at radius 2 is 1.40 bits per heavy atom. The molecule has 1 aliphatic rings. The van der Waals surface area contributed by atoms with Crippen LogP contribution in [-0.2, 0) is 4.79 Å². The number of thioether (sulfide) groups is 1. The molecular weight excluding hydrogens is 388 g/mol. The number of allylic oxidation sites excluding steroid dienone is 10. The molecule has 0 saturated heterocycles. The molecule has 0 heterocycles. The zero-order valence-corrected chi connectivity index (χ0v) is 19.9. The average molecular weight is 431 g/mol. The summed E-state index contributed by atoms with van der Waals surface area (Å²) >= 11 is 1.69. The number of unbranched alkanes of at least 4 members (excludes halogenated alkanes) is 2. The van der Waals surface area contributed by atoms with Gasteiger partial charge in [-0.1, -0.05) is 81.0 Å². The first-order chi connectivity index (χ1) is 14.7. The summed E-state index contributed by atoms with van der Waals surface area (Å²) in [5.74, 6) is 0.738. The minimum absolute atomic E-state index is 0.367. The van der Waals surface area contributed by atoms with E-state index in [1.807, 2.05) is 0 Å². The van der Waals surface area contributed by atoms with Gasteiger partial charge >= 0.3 is 5.97 Å². The van der Waals surface area contributed by atoms with Crippen LogP contribution >= 0.6 is 11.8 Å². The summed E-state index contributed by atoms with van der Waals surface area (Å²) in [4.78, 5) is 11.6. The van der Waals surface area contributed by atoms with Crippen LogP contribution in [0.25, 0.3) is 0 Å². The van der Waals surface area contributed by atoms with Crippen LogP contribution in [0.2, 0.25) is 0 Å². The summed E-state index contributed by atoms with van der Waals surface area (Å²) in [6.45, 7) is 4.27. The molecule has 1 N–H and O–H groups in total. The van der Waals surface area contributed by atoms with Crippen LogP contribution in [0.5, 0.6) is 0 Å². The van der Waals surface area contributed by atoms with Gasteiger partial charge in [-0.3, -0.25) is 4.79 Å². The van der Waals surface area contributed by atoms with Crippen LogP contribution in [-0.4, -0.2) is 21.6 Å². The van der Waals surface area contributed by atoms with Crippen LogP contribution in [0, 0.1) is 5.92 Å². The highest BCUT2D eigenvalue weighted by Gasteiger charge is 2.52. The second-order valence-corrected chi connectivity index (χ2v) is 9.32. The van der Waals surface area contributed by atoms with Gasteiger partial charge in [0.2, 0.25) is 0 Å². The second kappa shape index (κ2) is 17.2. The van der Waals surface area contributed by atoms with Crippen LogP contribution < -0.4 is 0 Å². The maximum Gasteiger partial charge on any atom is 0.320 e. The number of hydrogen-bond donors (Lipinski definition) is 1. The van der Waals surface area contributed by atoms with Crippen LogP contribution in [0.4, 0.5) is 0 Å². The highest BCUT2D eigenvalue weighted by Crippen LogP contribution is 2.51. The lowest BCUT2D eigenvalue weighted by Crippen LogP contribution is -2.50. The smallest absolute Gasteiger partial charge is 0.320 e. The van der Waals surface area contributed by atoms with Crippen molar-refractivity contribution in [2.45, 2.75) is 89.2 Å². The molecule has 1 fully saturated rings. The lowest BCUT2D eigenvalue weighted by atomic mass is 9.71. The third kappa shape index (κ3) is 10.5. The number of rotatable bonds is 17. The fourth-order valence-electron chi connectivity index (χ4n) is 3.66. The van der Waals surface area contributed by atoms with Gasteiger partial charge < -0.3 is 5.11 Å². The Hall–Kier alpha value is -1.48. The Morgan fingerprint density at radius 1 is 0.867 bits per heavy atom. The van der Waals surface area contributed by atoms with Crippen molar-refractivity contribution in [2.75, 3.05) is 5.75 Å². The van der Waals surface area contributed by atoms with Crippen molar-refractivity contribution in [1.29, 1.82) is 0 Å². The number of carbonyl (C=O) groups is 1. The first-order valence-corrected chi connectivity index (χ1v) is 12.8. The maximum atomic E-state index is 11.6. The molecule has 0 aromatic carbocycles. The van der Waals surface area contributed by atoms with Crippen molar-refractivity contribution < 1.29 is 9.90 Å². The van der Waals surface area contributed by atoms with Crippen molar-refractivity contribution >= 4 is 17.7 Å². The van der Waals surface area contributed by atoms with E-state index >= 15 is 0 Å². The van der Waals surface area contributed by atoms with E-state index in [2.05, 4.69) is 74.6 Å². The van der Waals surface area contributed by atoms with E-state index in [-0.39, 0.29) is 0 Å². The molecule has 3 heteroatoms. The third-order valence-corrected chi connectivity index (χ3v) is 7.38. The van der Waals surface area contributed by atoms with Gasteiger partial charge in [0.05, 0.1) is 0 Å². The largest absolute Gasteiger partial charge is 0.480 e. The molecule has 0 aliphatic heterocycles. The van der Waals surface area contributed by atoms with E-state index in [1.165, 1.54) is 0 Å². The average Bonchev–Trinajstić information content (AvgIpc) is 2.71. The van der Waals surface area contributed by atoms with Gasteiger partial charge in [-0.2, -0.15) is 0 Å². The number of hydrogen-bond acceptors (Lipinski definition) is 2. The minimum Gasteiger partial charge on any atom is -0.480 e. The van der Waals surface area contributed by atoms with Gasteiger partial charge in [-0.25, -0.2) is 0 Å². The lowest BCUT2D eigenvalue weighted by Gasteiger charge is -2.45. The SMILES string of the molecule is CC/C=C\C/C=C\C/C=C\C/C=C\C/C=C\CCCCSC1(C(=O)O)CCC1CC. The van der Waals surface area contributed by atoms with E-state index in [1.54, 1.807) is 11.8 Å². The first kappa shape index (κ1) is 26.6. The molecule has 2 atom stereocenters.